The fourth-order valence-corrected chi connectivity index (χ4v) is 5.02. The molecule has 12 heteroatoms. The molecule has 2 aliphatic rings. The van der Waals surface area contributed by atoms with Gasteiger partial charge in [-0.2, -0.15) is 0 Å². The lowest BCUT2D eigenvalue weighted by Gasteiger charge is -2.49. The summed E-state index contributed by atoms with van der Waals surface area (Å²) in [4.78, 5) is 38.6. The standard InChI is InChI=1S/C18H19Cl3N2O6S/c1-16(2)12(13(25)29-9-17(19,20)21)23-14(26)18(27,15(23)30-16)22-11(24)8-28-10-6-4-3-5-7-10/h3-7,12,15,27H,8-9H2,1-2H3,(H,22,24)/t12-,15+,18-/m0/s1. The summed E-state index contributed by atoms with van der Waals surface area (Å²) in [6.45, 7) is 2.55. The number of hydrogen-bond donors (Lipinski definition) is 2. The first kappa shape index (κ1) is 23.3. The molecule has 2 heterocycles. The van der Waals surface area contributed by atoms with Crippen LogP contribution < -0.4 is 10.1 Å². The number of esters is 1. The number of carbonyl (C=O) groups is 3. The molecule has 1 aromatic rings. The lowest BCUT2D eigenvalue weighted by molar-refractivity contribution is -0.196. The normalized spacial score (nSPS) is 27.1. The smallest absolute Gasteiger partial charge is 0.330 e. The minimum atomic E-state index is -2.16. The van der Waals surface area contributed by atoms with Crippen LogP contribution in [0.3, 0.4) is 0 Å². The Hall–Kier alpha value is -1.39. The van der Waals surface area contributed by atoms with Crippen molar-refractivity contribution in [3.05, 3.63) is 30.3 Å². The highest BCUT2D eigenvalue weighted by Crippen LogP contribution is 2.54. The van der Waals surface area contributed by atoms with Gasteiger partial charge in [-0.1, -0.05) is 53.0 Å². The highest BCUT2D eigenvalue weighted by Gasteiger charge is 2.72. The van der Waals surface area contributed by atoms with Gasteiger partial charge in [0.15, 0.2) is 6.61 Å². The average molecular weight is 498 g/mol. The van der Waals surface area contributed by atoms with Gasteiger partial charge in [-0.05, 0) is 26.0 Å². The van der Waals surface area contributed by atoms with Gasteiger partial charge in [0, 0.05) is 4.75 Å². The number of carbonyl (C=O) groups excluding carboxylic acids is 3. The third kappa shape index (κ3) is 4.60. The molecule has 0 unspecified atom stereocenters. The maximum absolute atomic E-state index is 12.7. The Morgan fingerprint density at radius 2 is 1.90 bits per heavy atom. The van der Waals surface area contributed by atoms with E-state index in [4.69, 9.17) is 44.3 Å². The molecule has 3 rings (SSSR count). The van der Waals surface area contributed by atoms with Gasteiger partial charge in [0.05, 0.1) is 0 Å². The Kier molecular flexibility index (Phi) is 6.42. The molecule has 2 N–H and O–H groups in total. The molecule has 2 amide bonds. The quantitative estimate of drug-likeness (QED) is 0.267. The number of aliphatic hydroxyl groups is 1. The van der Waals surface area contributed by atoms with Crippen LogP contribution in [-0.4, -0.2) is 66.7 Å². The van der Waals surface area contributed by atoms with Crippen LogP contribution in [0.25, 0.3) is 0 Å². The van der Waals surface area contributed by atoms with E-state index in [1.807, 2.05) is 0 Å². The summed E-state index contributed by atoms with van der Waals surface area (Å²) in [5, 5.41) is 12.2. The van der Waals surface area contributed by atoms with Gasteiger partial charge >= 0.3 is 5.97 Å². The molecule has 2 saturated heterocycles. The number of amides is 2. The third-order valence-electron chi connectivity index (χ3n) is 4.57. The molecule has 2 fully saturated rings. The summed E-state index contributed by atoms with van der Waals surface area (Å²) in [6.07, 6.45) is 0. The van der Waals surface area contributed by atoms with Crippen molar-refractivity contribution >= 4 is 64.3 Å². The fraction of sp³-hybridized carbons (Fsp3) is 0.500. The largest absolute Gasteiger partial charge is 0.484 e. The minimum Gasteiger partial charge on any atom is -0.484 e. The van der Waals surface area contributed by atoms with E-state index in [1.54, 1.807) is 44.2 Å². The second-order valence-electron chi connectivity index (χ2n) is 7.33. The average Bonchev–Trinajstić information content (AvgIpc) is 2.94. The van der Waals surface area contributed by atoms with Crippen LogP contribution in [0.5, 0.6) is 5.75 Å². The maximum atomic E-state index is 12.7. The monoisotopic (exact) mass is 496 g/mol. The van der Waals surface area contributed by atoms with Gasteiger partial charge in [-0.3, -0.25) is 9.59 Å². The van der Waals surface area contributed by atoms with Gasteiger partial charge in [0.25, 0.3) is 11.8 Å². The van der Waals surface area contributed by atoms with Crippen molar-refractivity contribution in [1.82, 2.24) is 10.2 Å². The Morgan fingerprint density at radius 1 is 1.27 bits per heavy atom. The molecule has 164 valence electrons. The van der Waals surface area contributed by atoms with E-state index in [9.17, 15) is 19.5 Å². The van der Waals surface area contributed by atoms with Crippen molar-refractivity contribution in [3.8, 4) is 5.75 Å². The molecular formula is C18H19Cl3N2O6S. The van der Waals surface area contributed by atoms with Gasteiger partial charge in [0.2, 0.25) is 9.52 Å². The Balaban J connectivity index is 1.65. The molecule has 2 aliphatic heterocycles. The van der Waals surface area contributed by atoms with Crippen LogP contribution >= 0.6 is 46.6 Å². The minimum absolute atomic E-state index is 0.394. The molecule has 0 bridgehead atoms. The first-order valence-electron chi connectivity index (χ1n) is 8.80. The highest BCUT2D eigenvalue weighted by atomic mass is 35.6. The van der Waals surface area contributed by atoms with Crippen LogP contribution in [-0.2, 0) is 19.1 Å². The third-order valence-corrected chi connectivity index (χ3v) is 6.52. The second-order valence-corrected chi connectivity index (χ2v) is 11.6. The Morgan fingerprint density at radius 3 is 2.50 bits per heavy atom. The number of β-lactam (4-membered cyclic amide) rings is 1. The van der Waals surface area contributed by atoms with Gasteiger partial charge in [-0.15, -0.1) is 11.8 Å². The zero-order chi connectivity index (χ0) is 22.3. The predicted octanol–water partition coefficient (Wildman–Crippen LogP) is 1.85. The van der Waals surface area contributed by atoms with E-state index in [2.05, 4.69) is 5.32 Å². The first-order chi connectivity index (χ1) is 13.8. The number of ether oxygens (including phenoxy) is 2. The summed E-state index contributed by atoms with van der Waals surface area (Å²) < 4.78 is 7.75. The number of nitrogens with one attached hydrogen (secondary N) is 1. The van der Waals surface area contributed by atoms with E-state index < -0.39 is 56.7 Å². The molecule has 0 radical (unpaired) electrons. The lowest BCUT2D eigenvalue weighted by Crippen LogP contribution is -2.80. The second kappa shape index (κ2) is 8.27. The molecule has 8 nitrogen and oxygen atoms in total. The van der Waals surface area contributed by atoms with Crippen molar-refractivity contribution in [3.63, 3.8) is 0 Å². The molecule has 0 spiro atoms. The summed E-state index contributed by atoms with van der Waals surface area (Å²) in [5.41, 5.74) is -2.16. The topological polar surface area (TPSA) is 105 Å². The number of fused-ring (bicyclic) bond motifs is 1. The number of alkyl halides is 3. The lowest BCUT2D eigenvalue weighted by atomic mass is 9.93. The Labute approximate surface area is 192 Å². The summed E-state index contributed by atoms with van der Waals surface area (Å²) in [6, 6.07) is 7.60. The first-order valence-corrected chi connectivity index (χ1v) is 10.8. The maximum Gasteiger partial charge on any atom is 0.330 e. The van der Waals surface area contributed by atoms with Gasteiger partial charge < -0.3 is 24.8 Å². The SMILES string of the molecule is CC1(C)S[C@H]2N(C(=O)[C@@]2(O)NC(=O)COc2ccccc2)[C@H]1C(=O)OCC(Cl)(Cl)Cl. The number of halogens is 3. The molecule has 0 aliphatic carbocycles. The highest BCUT2D eigenvalue weighted by molar-refractivity contribution is 8.01. The number of hydrogen-bond acceptors (Lipinski definition) is 7. The number of benzene rings is 1. The summed E-state index contributed by atoms with van der Waals surface area (Å²) in [5.74, 6) is -1.81. The molecule has 30 heavy (non-hydrogen) atoms. The zero-order valence-corrected chi connectivity index (χ0v) is 19.0. The van der Waals surface area contributed by atoms with Gasteiger partial charge in [0.1, 0.15) is 23.8 Å². The molecular weight excluding hydrogens is 479 g/mol. The molecule has 1 aromatic carbocycles. The number of thioether (sulfide) groups is 1. The fourth-order valence-electron chi connectivity index (χ4n) is 3.28. The van der Waals surface area contributed by atoms with Crippen LogP contribution in [0.4, 0.5) is 0 Å². The van der Waals surface area contributed by atoms with E-state index in [-0.39, 0.29) is 0 Å². The van der Waals surface area contributed by atoms with Crippen LogP contribution in [0.2, 0.25) is 0 Å². The molecule has 3 atom stereocenters. The van der Waals surface area contributed by atoms with Crippen molar-refractivity contribution < 1.29 is 29.0 Å². The molecule has 0 aromatic heterocycles. The van der Waals surface area contributed by atoms with Crippen LogP contribution in [0.1, 0.15) is 13.8 Å². The predicted molar refractivity (Wildman–Crippen MR) is 112 cm³/mol. The van der Waals surface area contributed by atoms with Crippen LogP contribution in [0, 0.1) is 0 Å². The summed E-state index contributed by atoms with van der Waals surface area (Å²) >= 11 is 18.0. The summed E-state index contributed by atoms with van der Waals surface area (Å²) in [7, 11) is 0. The van der Waals surface area contributed by atoms with Crippen molar-refractivity contribution in [2.24, 2.45) is 0 Å². The van der Waals surface area contributed by atoms with E-state index >= 15 is 0 Å². The number of rotatable bonds is 6. The van der Waals surface area contributed by atoms with E-state index in [0.717, 1.165) is 11.8 Å². The molecule has 0 saturated carbocycles. The zero-order valence-electron chi connectivity index (χ0n) is 15.9. The van der Waals surface area contributed by atoms with E-state index in [0.29, 0.717) is 5.75 Å². The van der Waals surface area contributed by atoms with Crippen LogP contribution in [0.15, 0.2) is 30.3 Å². The van der Waals surface area contributed by atoms with E-state index in [1.165, 1.54) is 4.90 Å². The van der Waals surface area contributed by atoms with Gasteiger partial charge in [-0.25, -0.2) is 4.79 Å². The van der Waals surface area contributed by atoms with Crippen molar-refractivity contribution in [1.29, 1.82) is 0 Å². The number of nitrogens with zero attached hydrogens (tertiary/aromatic N) is 1. The van der Waals surface area contributed by atoms with Crippen molar-refractivity contribution in [2.45, 2.75) is 39.5 Å². The Bertz CT molecular complexity index is 850. The number of para-hydroxylation sites is 1. The van der Waals surface area contributed by atoms with Crippen molar-refractivity contribution in [2.75, 3.05) is 13.2 Å².